The number of nitriles is 1. The second-order valence-electron chi connectivity index (χ2n) is 4.82. The molecule has 0 unspecified atom stereocenters. The molecule has 0 amide bonds. The first kappa shape index (κ1) is 15.3. The predicted octanol–water partition coefficient (Wildman–Crippen LogP) is 3.23. The van der Waals surface area contributed by atoms with Crippen LogP contribution in [0.5, 0.6) is 0 Å². The van der Waals surface area contributed by atoms with Gasteiger partial charge in [-0.3, -0.25) is 9.88 Å². The summed E-state index contributed by atoms with van der Waals surface area (Å²) in [6.45, 7) is 2.06. The molecule has 0 saturated heterocycles. The van der Waals surface area contributed by atoms with Gasteiger partial charge in [-0.25, -0.2) is 0 Å². The van der Waals surface area contributed by atoms with Crippen molar-refractivity contribution in [3.63, 3.8) is 0 Å². The van der Waals surface area contributed by atoms with E-state index in [9.17, 15) is 0 Å². The standard InChI is InChI=1S/C16H17ClN4/c17-15-4-5-16(19)14(9-15)12-21(8-2-6-18)11-13-3-1-7-20-10-13/h1,3-5,7,9-10H,2,8,11-12,19H2. The first-order valence-corrected chi connectivity index (χ1v) is 7.09. The molecule has 2 rings (SSSR count). The number of rotatable bonds is 6. The van der Waals surface area contributed by atoms with Gasteiger partial charge in [0.15, 0.2) is 0 Å². The van der Waals surface area contributed by atoms with Crippen LogP contribution in [0.4, 0.5) is 5.69 Å². The molecule has 4 nitrogen and oxygen atoms in total. The number of nitrogens with zero attached hydrogens (tertiary/aromatic N) is 3. The number of nitrogen functional groups attached to an aromatic ring is 1. The molecule has 0 radical (unpaired) electrons. The van der Waals surface area contributed by atoms with Gasteiger partial charge in [0.2, 0.25) is 0 Å². The molecule has 108 valence electrons. The van der Waals surface area contributed by atoms with Crippen LogP contribution in [0.2, 0.25) is 5.02 Å². The molecule has 0 aliphatic heterocycles. The van der Waals surface area contributed by atoms with E-state index in [1.54, 1.807) is 12.3 Å². The van der Waals surface area contributed by atoms with Crippen LogP contribution in [0.15, 0.2) is 42.7 Å². The number of hydrogen-bond acceptors (Lipinski definition) is 4. The molecule has 0 fully saturated rings. The third-order valence-electron chi connectivity index (χ3n) is 3.17. The van der Waals surface area contributed by atoms with Gasteiger partial charge < -0.3 is 5.73 Å². The lowest BCUT2D eigenvalue weighted by atomic mass is 10.1. The fourth-order valence-corrected chi connectivity index (χ4v) is 2.32. The summed E-state index contributed by atoms with van der Waals surface area (Å²) in [5, 5.41) is 9.48. The maximum atomic E-state index is 8.81. The van der Waals surface area contributed by atoms with Crippen molar-refractivity contribution in [3.8, 4) is 6.07 Å². The maximum Gasteiger partial charge on any atom is 0.0635 e. The van der Waals surface area contributed by atoms with E-state index < -0.39 is 0 Å². The largest absolute Gasteiger partial charge is 0.398 e. The summed E-state index contributed by atoms with van der Waals surface area (Å²) in [5.41, 5.74) is 8.80. The average Bonchev–Trinajstić information content (AvgIpc) is 2.49. The zero-order chi connectivity index (χ0) is 15.1. The first-order chi connectivity index (χ1) is 10.2. The highest BCUT2D eigenvalue weighted by molar-refractivity contribution is 6.30. The molecule has 0 atom stereocenters. The van der Waals surface area contributed by atoms with Crippen LogP contribution in [0.3, 0.4) is 0 Å². The minimum atomic E-state index is 0.473. The zero-order valence-corrected chi connectivity index (χ0v) is 12.4. The van der Waals surface area contributed by atoms with Crippen molar-refractivity contribution in [2.45, 2.75) is 19.5 Å². The summed E-state index contributed by atoms with van der Waals surface area (Å²) in [6.07, 6.45) is 4.06. The highest BCUT2D eigenvalue weighted by atomic mass is 35.5. The maximum absolute atomic E-state index is 8.81. The summed E-state index contributed by atoms with van der Waals surface area (Å²) in [7, 11) is 0. The van der Waals surface area contributed by atoms with Crippen LogP contribution in [-0.2, 0) is 13.1 Å². The number of benzene rings is 1. The molecule has 0 saturated carbocycles. The lowest BCUT2D eigenvalue weighted by Crippen LogP contribution is -2.24. The van der Waals surface area contributed by atoms with Gasteiger partial charge in [-0.05, 0) is 35.4 Å². The SMILES string of the molecule is N#CCCN(Cc1cccnc1)Cc1cc(Cl)ccc1N. The van der Waals surface area contributed by atoms with Crippen LogP contribution in [-0.4, -0.2) is 16.4 Å². The van der Waals surface area contributed by atoms with Crippen molar-refractivity contribution in [2.24, 2.45) is 0 Å². The predicted molar refractivity (Wildman–Crippen MR) is 84.4 cm³/mol. The van der Waals surface area contributed by atoms with Gasteiger partial charge in [0.05, 0.1) is 6.07 Å². The van der Waals surface area contributed by atoms with E-state index >= 15 is 0 Å². The van der Waals surface area contributed by atoms with E-state index in [1.807, 2.05) is 30.5 Å². The Labute approximate surface area is 129 Å². The summed E-state index contributed by atoms with van der Waals surface area (Å²) < 4.78 is 0. The summed E-state index contributed by atoms with van der Waals surface area (Å²) in [6, 6.07) is 11.6. The molecule has 1 aromatic carbocycles. The molecule has 1 heterocycles. The Kier molecular flexibility index (Phi) is 5.56. The van der Waals surface area contributed by atoms with Gasteiger partial charge in [0.1, 0.15) is 0 Å². The number of anilines is 1. The number of hydrogen-bond donors (Lipinski definition) is 1. The topological polar surface area (TPSA) is 65.9 Å². The number of aromatic nitrogens is 1. The van der Waals surface area contributed by atoms with Crippen molar-refractivity contribution in [2.75, 3.05) is 12.3 Å². The third-order valence-corrected chi connectivity index (χ3v) is 3.40. The Balaban J connectivity index is 2.12. The molecule has 0 spiro atoms. The van der Waals surface area contributed by atoms with Crippen LogP contribution in [0.25, 0.3) is 0 Å². The van der Waals surface area contributed by atoms with Gasteiger partial charge in [-0.2, -0.15) is 5.26 Å². The van der Waals surface area contributed by atoms with Crippen LogP contribution >= 0.6 is 11.6 Å². The first-order valence-electron chi connectivity index (χ1n) is 6.71. The monoisotopic (exact) mass is 300 g/mol. The van der Waals surface area contributed by atoms with Crippen molar-refractivity contribution < 1.29 is 0 Å². The van der Waals surface area contributed by atoms with E-state index in [1.165, 1.54) is 0 Å². The van der Waals surface area contributed by atoms with E-state index in [2.05, 4.69) is 16.0 Å². The van der Waals surface area contributed by atoms with E-state index in [-0.39, 0.29) is 0 Å². The molecular weight excluding hydrogens is 284 g/mol. The Morgan fingerprint density at radius 2 is 2.14 bits per heavy atom. The van der Waals surface area contributed by atoms with Crippen molar-refractivity contribution >= 4 is 17.3 Å². The Bertz CT molecular complexity index is 622. The molecule has 2 N–H and O–H groups in total. The zero-order valence-electron chi connectivity index (χ0n) is 11.7. The number of halogens is 1. The Morgan fingerprint density at radius 3 is 2.86 bits per heavy atom. The Morgan fingerprint density at radius 1 is 1.29 bits per heavy atom. The van der Waals surface area contributed by atoms with Crippen molar-refractivity contribution in [1.29, 1.82) is 5.26 Å². The minimum Gasteiger partial charge on any atom is -0.398 e. The van der Waals surface area contributed by atoms with Crippen LogP contribution in [0, 0.1) is 11.3 Å². The van der Waals surface area contributed by atoms with Crippen LogP contribution < -0.4 is 5.73 Å². The molecule has 0 aliphatic rings. The fraction of sp³-hybridized carbons (Fsp3) is 0.250. The van der Waals surface area contributed by atoms with E-state index in [4.69, 9.17) is 22.6 Å². The van der Waals surface area contributed by atoms with Crippen LogP contribution in [0.1, 0.15) is 17.5 Å². The van der Waals surface area contributed by atoms with Gasteiger partial charge in [-0.15, -0.1) is 0 Å². The smallest absolute Gasteiger partial charge is 0.0635 e. The van der Waals surface area contributed by atoms with E-state index in [0.29, 0.717) is 30.2 Å². The molecule has 5 heteroatoms. The highest BCUT2D eigenvalue weighted by Crippen LogP contribution is 2.20. The summed E-state index contributed by atoms with van der Waals surface area (Å²) in [5.74, 6) is 0. The van der Waals surface area contributed by atoms with Crippen molar-refractivity contribution in [1.82, 2.24) is 9.88 Å². The van der Waals surface area contributed by atoms with Crippen molar-refractivity contribution in [3.05, 3.63) is 58.9 Å². The molecule has 21 heavy (non-hydrogen) atoms. The highest BCUT2D eigenvalue weighted by Gasteiger charge is 2.10. The molecule has 0 bridgehead atoms. The number of pyridine rings is 1. The second-order valence-corrected chi connectivity index (χ2v) is 5.26. The lowest BCUT2D eigenvalue weighted by molar-refractivity contribution is 0.263. The third kappa shape index (κ3) is 4.75. The van der Waals surface area contributed by atoms with E-state index in [0.717, 1.165) is 17.7 Å². The fourth-order valence-electron chi connectivity index (χ4n) is 2.12. The normalized spacial score (nSPS) is 10.5. The quantitative estimate of drug-likeness (QED) is 0.832. The molecule has 0 aliphatic carbocycles. The lowest BCUT2D eigenvalue weighted by Gasteiger charge is -2.22. The summed E-state index contributed by atoms with van der Waals surface area (Å²) >= 11 is 6.03. The number of nitrogens with two attached hydrogens (primary N) is 1. The summed E-state index contributed by atoms with van der Waals surface area (Å²) in [4.78, 5) is 6.29. The van der Waals surface area contributed by atoms with Gasteiger partial charge in [0.25, 0.3) is 0 Å². The Hall–Kier alpha value is -2.09. The molecular formula is C16H17ClN4. The average molecular weight is 301 g/mol. The van der Waals surface area contributed by atoms with Gasteiger partial charge in [-0.1, -0.05) is 17.7 Å². The van der Waals surface area contributed by atoms with Gasteiger partial charge in [0, 0.05) is 49.2 Å². The van der Waals surface area contributed by atoms with Gasteiger partial charge >= 0.3 is 0 Å². The second kappa shape index (κ2) is 7.63. The minimum absolute atomic E-state index is 0.473. The molecule has 2 aromatic rings. The molecule has 1 aromatic heterocycles.